The maximum atomic E-state index is 12.8. The molecule has 30 heavy (non-hydrogen) atoms. The van der Waals surface area contributed by atoms with Crippen molar-refractivity contribution in [1.29, 1.82) is 0 Å². The smallest absolute Gasteiger partial charge is 0.412 e. The summed E-state index contributed by atoms with van der Waals surface area (Å²) >= 11 is 0. The van der Waals surface area contributed by atoms with Gasteiger partial charge in [-0.05, 0) is 58.0 Å². The molecule has 0 saturated carbocycles. The largest absolute Gasteiger partial charge is 0.482 e. The van der Waals surface area contributed by atoms with Gasteiger partial charge in [0, 0.05) is 11.4 Å². The second-order valence-electron chi connectivity index (χ2n) is 7.89. The van der Waals surface area contributed by atoms with Crippen LogP contribution in [-0.4, -0.2) is 36.2 Å². The third kappa shape index (κ3) is 5.08. The Morgan fingerprint density at radius 1 is 1.07 bits per heavy atom. The van der Waals surface area contributed by atoms with E-state index in [4.69, 9.17) is 9.47 Å². The minimum Gasteiger partial charge on any atom is -0.482 e. The van der Waals surface area contributed by atoms with Gasteiger partial charge in [0.1, 0.15) is 17.4 Å². The topological polar surface area (TPSA) is 97.0 Å². The Morgan fingerprint density at radius 2 is 1.77 bits per heavy atom. The molecule has 0 saturated heterocycles. The minimum absolute atomic E-state index is 0.172. The van der Waals surface area contributed by atoms with Gasteiger partial charge in [-0.25, -0.2) is 4.79 Å². The van der Waals surface area contributed by atoms with Crippen LogP contribution in [0.3, 0.4) is 0 Å². The van der Waals surface area contributed by atoms with E-state index in [2.05, 4.69) is 10.6 Å². The van der Waals surface area contributed by atoms with Crippen molar-refractivity contribution in [3.63, 3.8) is 0 Å². The van der Waals surface area contributed by atoms with Crippen LogP contribution in [0, 0.1) is 0 Å². The van der Waals surface area contributed by atoms with Crippen molar-refractivity contribution in [2.45, 2.75) is 39.3 Å². The first-order chi connectivity index (χ1) is 14.1. The molecule has 1 heterocycles. The molecule has 8 nitrogen and oxygen atoms in total. The molecule has 3 rings (SSSR count). The number of para-hydroxylation sites is 1. The highest BCUT2D eigenvalue weighted by Gasteiger charge is 2.33. The number of benzene rings is 2. The van der Waals surface area contributed by atoms with E-state index >= 15 is 0 Å². The lowest BCUT2D eigenvalue weighted by Gasteiger charge is -2.33. The number of carbonyl (C=O) groups is 3. The van der Waals surface area contributed by atoms with E-state index in [1.165, 1.54) is 4.90 Å². The molecule has 1 aliphatic rings. The maximum Gasteiger partial charge on any atom is 0.412 e. The molecule has 2 aromatic rings. The fraction of sp³-hybridized carbons (Fsp3) is 0.318. The molecule has 1 atom stereocenters. The lowest BCUT2D eigenvalue weighted by molar-refractivity contribution is -0.125. The Labute approximate surface area is 175 Å². The van der Waals surface area contributed by atoms with Crippen molar-refractivity contribution in [3.8, 4) is 5.75 Å². The molecule has 2 N–H and O–H groups in total. The Hall–Kier alpha value is -3.55. The van der Waals surface area contributed by atoms with Crippen molar-refractivity contribution < 1.29 is 23.9 Å². The molecule has 3 amide bonds. The van der Waals surface area contributed by atoms with E-state index in [0.717, 1.165) is 0 Å². The van der Waals surface area contributed by atoms with Crippen LogP contribution in [0.1, 0.15) is 27.7 Å². The maximum absolute atomic E-state index is 12.8. The highest BCUT2D eigenvalue weighted by molar-refractivity contribution is 6.07. The molecule has 0 radical (unpaired) electrons. The van der Waals surface area contributed by atoms with Crippen LogP contribution in [0.2, 0.25) is 0 Å². The van der Waals surface area contributed by atoms with E-state index in [-0.39, 0.29) is 18.4 Å². The third-order valence-corrected chi connectivity index (χ3v) is 4.29. The molecular weight excluding hydrogens is 386 g/mol. The lowest BCUT2D eigenvalue weighted by atomic mass is 10.1. The standard InChI is InChI=1S/C22H25N3O5/c1-14(20(27)23-15-8-6-5-7-9-15)25-17-12-16(24-21(28)30-22(2,3)4)10-11-18(17)29-13-19(25)26/h5-12,14H,13H2,1-4H3,(H,23,27)(H,24,28). The Morgan fingerprint density at radius 3 is 2.43 bits per heavy atom. The quantitative estimate of drug-likeness (QED) is 0.798. The van der Waals surface area contributed by atoms with Gasteiger partial charge in [0.2, 0.25) is 5.91 Å². The van der Waals surface area contributed by atoms with Crippen molar-refractivity contribution in [2.24, 2.45) is 0 Å². The zero-order valence-corrected chi connectivity index (χ0v) is 17.4. The van der Waals surface area contributed by atoms with Crippen LogP contribution in [0.15, 0.2) is 48.5 Å². The number of ether oxygens (including phenoxy) is 2. The second kappa shape index (κ2) is 8.44. The molecule has 8 heteroatoms. The SMILES string of the molecule is CC(C(=O)Nc1ccccc1)N1C(=O)COc2ccc(NC(=O)OC(C)(C)C)cc21. The summed E-state index contributed by atoms with van der Waals surface area (Å²) in [5, 5.41) is 5.44. The summed E-state index contributed by atoms with van der Waals surface area (Å²) in [6.45, 7) is 6.76. The van der Waals surface area contributed by atoms with Gasteiger partial charge in [-0.3, -0.25) is 19.8 Å². The van der Waals surface area contributed by atoms with Gasteiger partial charge in [0.05, 0.1) is 5.69 Å². The average Bonchev–Trinajstić information content (AvgIpc) is 2.66. The Balaban J connectivity index is 1.82. The molecule has 0 aromatic heterocycles. The summed E-state index contributed by atoms with van der Waals surface area (Å²) < 4.78 is 10.7. The fourth-order valence-electron chi connectivity index (χ4n) is 2.98. The molecule has 0 bridgehead atoms. The summed E-state index contributed by atoms with van der Waals surface area (Å²) in [5.41, 5.74) is 0.807. The van der Waals surface area contributed by atoms with Crippen LogP contribution in [-0.2, 0) is 14.3 Å². The predicted molar refractivity (Wildman–Crippen MR) is 114 cm³/mol. The molecule has 0 fully saturated rings. The summed E-state index contributed by atoms with van der Waals surface area (Å²) in [5.74, 6) is -0.246. The van der Waals surface area contributed by atoms with Crippen LogP contribution < -0.4 is 20.3 Å². The number of amides is 3. The number of hydrogen-bond donors (Lipinski definition) is 2. The van der Waals surface area contributed by atoms with Gasteiger partial charge in [0.15, 0.2) is 6.61 Å². The molecular formula is C22H25N3O5. The molecule has 0 spiro atoms. The zero-order valence-electron chi connectivity index (χ0n) is 17.4. The van der Waals surface area contributed by atoms with Crippen LogP contribution >= 0.6 is 0 Å². The van der Waals surface area contributed by atoms with Gasteiger partial charge in [-0.2, -0.15) is 0 Å². The number of carbonyl (C=O) groups excluding carboxylic acids is 3. The number of nitrogens with one attached hydrogen (secondary N) is 2. The number of hydrogen-bond acceptors (Lipinski definition) is 5. The molecule has 2 aromatic carbocycles. The predicted octanol–water partition coefficient (Wildman–Crippen LogP) is 3.79. The average molecular weight is 411 g/mol. The number of anilines is 3. The van der Waals surface area contributed by atoms with E-state index in [0.29, 0.717) is 22.8 Å². The first kappa shape index (κ1) is 21.2. The van der Waals surface area contributed by atoms with Crippen molar-refractivity contribution in [2.75, 3.05) is 22.1 Å². The third-order valence-electron chi connectivity index (χ3n) is 4.29. The monoisotopic (exact) mass is 411 g/mol. The van der Waals surface area contributed by atoms with Crippen molar-refractivity contribution >= 4 is 35.0 Å². The van der Waals surface area contributed by atoms with Gasteiger partial charge < -0.3 is 14.8 Å². The highest BCUT2D eigenvalue weighted by Crippen LogP contribution is 2.36. The summed E-state index contributed by atoms with van der Waals surface area (Å²) in [6.07, 6.45) is -0.619. The normalized spacial score (nSPS) is 14.3. The number of nitrogens with zero attached hydrogens (tertiary/aromatic N) is 1. The van der Waals surface area contributed by atoms with Gasteiger partial charge in [0.25, 0.3) is 5.91 Å². The molecule has 1 unspecified atom stereocenters. The van der Waals surface area contributed by atoms with Crippen molar-refractivity contribution in [3.05, 3.63) is 48.5 Å². The van der Waals surface area contributed by atoms with E-state index in [9.17, 15) is 14.4 Å². The van der Waals surface area contributed by atoms with Gasteiger partial charge >= 0.3 is 6.09 Å². The lowest BCUT2D eigenvalue weighted by Crippen LogP contribution is -2.49. The molecule has 1 aliphatic heterocycles. The van der Waals surface area contributed by atoms with E-state index in [1.54, 1.807) is 58.0 Å². The first-order valence-corrected chi connectivity index (χ1v) is 9.59. The summed E-state index contributed by atoms with van der Waals surface area (Å²) in [7, 11) is 0. The first-order valence-electron chi connectivity index (χ1n) is 9.59. The highest BCUT2D eigenvalue weighted by atomic mass is 16.6. The summed E-state index contributed by atoms with van der Waals surface area (Å²) in [6, 6.07) is 13.1. The number of rotatable bonds is 4. The Kier molecular flexibility index (Phi) is 5.96. The summed E-state index contributed by atoms with van der Waals surface area (Å²) in [4.78, 5) is 38.8. The number of fused-ring (bicyclic) bond motifs is 1. The zero-order chi connectivity index (χ0) is 21.9. The van der Waals surface area contributed by atoms with E-state index in [1.807, 2.05) is 18.2 Å². The van der Waals surface area contributed by atoms with Crippen LogP contribution in [0.4, 0.5) is 21.9 Å². The Bertz CT molecular complexity index is 953. The minimum atomic E-state index is -0.794. The molecule has 0 aliphatic carbocycles. The van der Waals surface area contributed by atoms with Crippen LogP contribution in [0.25, 0.3) is 0 Å². The molecule has 158 valence electrons. The fourth-order valence-corrected chi connectivity index (χ4v) is 2.98. The second-order valence-corrected chi connectivity index (χ2v) is 7.89. The van der Waals surface area contributed by atoms with Crippen LogP contribution in [0.5, 0.6) is 5.75 Å². The van der Waals surface area contributed by atoms with Gasteiger partial charge in [-0.1, -0.05) is 18.2 Å². The van der Waals surface area contributed by atoms with E-state index < -0.39 is 17.7 Å². The van der Waals surface area contributed by atoms with Crippen molar-refractivity contribution in [1.82, 2.24) is 0 Å². The van der Waals surface area contributed by atoms with Gasteiger partial charge in [-0.15, -0.1) is 0 Å².